The fourth-order valence-corrected chi connectivity index (χ4v) is 0.897. The van der Waals surface area contributed by atoms with Crippen molar-refractivity contribution < 1.29 is 28.7 Å². The number of alkyl halides is 2. The first-order chi connectivity index (χ1) is 7.99. The third-order valence-electron chi connectivity index (χ3n) is 1.44. The van der Waals surface area contributed by atoms with Crippen LogP contribution in [0.1, 0.15) is 19.3 Å². The molecule has 0 aromatic heterocycles. The molecule has 17 heavy (non-hydrogen) atoms. The monoisotopic (exact) mass is 284 g/mol. The van der Waals surface area contributed by atoms with Gasteiger partial charge in [0, 0.05) is 12.8 Å². The van der Waals surface area contributed by atoms with Crippen molar-refractivity contribution in [1.29, 1.82) is 0 Å². The van der Waals surface area contributed by atoms with E-state index in [1.807, 2.05) is 0 Å². The number of hydrogen-bond donors (Lipinski definition) is 0. The number of esters is 4. The zero-order valence-electron chi connectivity index (χ0n) is 8.74. The van der Waals surface area contributed by atoms with Gasteiger partial charge in [0.05, 0.1) is 0 Å². The molecule has 96 valence electrons. The molecule has 0 aromatic rings. The summed E-state index contributed by atoms with van der Waals surface area (Å²) in [5, 5.41) is 0. The van der Waals surface area contributed by atoms with Crippen LogP contribution in [0.4, 0.5) is 0 Å². The van der Waals surface area contributed by atoms with E-state index in [2.05, 4.69) is 9.47 Å². The topological polar surface area (TPSA) is 86.7 Å². The maximum absolute atomic E-state index is 10.9. The Morgan fingerprint density at radius 3 is 1.35 bits per heavy atom. The predicted molar refractivity (Wildman–Crippen MR) is 57.5 cm³/mol. The molecular weight excluding hydrogens is 275 g/mol. The van der Waals surface area contributed by atoms with Crippen molar-refractivity contribution in [3.63, 3.8) is 0 Å². The van der Waals surface area contributed by atoms with Gasteiger partial charge < -0.3 is 9.47 Å². The van der Waals surface area contributed by atoms with Gasteiger partial charge in [-0.3, -0.25) is 19.2 Å². The second-order valence-electron chi connectivity index (χ2n) is 2.81. The van der Waals surface area contributed by atoms with Gasteiger partial charge in [0.25, 0.3) is 0 Å². The van der Waals surface area contributed by atoms with Crippen LogP contribution in [0.25, 0.3) is 0 Å². The smallest absolute Gasteiger partial charge is 0.328 e. The standard InChI is InChI=1S/C9H10Cl2O6/c10-4-8(14)16-6(12)2-1-3-7(13)17-9(15)5-11/h1-5H2. The summed E-state index contributed by atoms with van der Waals surface area (Å²) in [4.78, 5) is 43.0. The molecule has 0 bridgehead atoms. The second-order valence-corrected chi connectivity index (χ2v) is 3.35. The minimum atomic E-state index is -0.850. The van der Waals surface area contributed by atoms with E-state index in [4.69, 9.17) is 23.2 Å². The molecule has 0 unspecified atom stereocenters. The molecule has 0 saturated heterocycles. The van der Waals surface area contributed by atoms with Crippen molar-refractivity contribution in [1.82, 2.24) is 0 Å². The van der Waals surface area contributed by atoms with E-state index >= 15 is 0 Å². The number of carbonyl (C=O) groups excluding carboxylic acids is 4. The van der Waals surface area contributed by atoms with Crippen molar-refractivity contribution in [2.24, 2.45) is 0 Å². The molecule has 0 radical (unpaired) electrons. The van der Waals surface area contributed by atoms with Crippen LogP contribution in [-0.4, -0.2) is 35.6 Å². The van der Waals surface area contributed by atoms with E-state index in [9.17, 15) is 19.2 Å². The summed E-state index contributed by atoms with van der Waals surface area (Å²) in [5.41, 5.74) is 0. The van der Waals surface area contributed by atoms with Crippen LogP contribution in [-0.2, 0) is 28.7 Å². The zero-order chi connectivity index (χ0) is 13.3. The summed E-state index contributed by atoms with van der Waals surface area (Å²) in [7, 11) is 0. The molecule has 0 aliphatic carbocycles. The van der Waals surface area contributed by atoms with Crippen LogP contribution < -0.4 is 0 Å². The molecule has 0 saturated carbocycles. The summed E-state index contributed by atoms with van der Waals surface area (Å²) in [6.07, 6.45) is -0.192. The van der Waals surface area contributed by atoms with Crippen molar-refractivity contribution >= 4 is 47.1 Å². The van der Waals surface area contributed by atoms with Gasteiger partial charge in [-0.25, -0.2) is 0 Å². The highest BCUT2D eigenvalue weighted by Gasteiger charge is 2.12. The Balaban J connectivity index is 3.69. The van der Waals surface area contributed by atoms with Gasteiger partial charge >= 0.3 is 23.9 Å². The average molecular weight is 285 g/mol. The van der Waals surface area contributed by atoms with E-state index in [0.29, 0.717) is 0 Å². The van der Waals surface area contributed by atoms with Gasteiger partial charge in [-0.2, -0.15) is 0 Å². The highest BCUT2D eigenvalue weighted by molar-refractivity contribution is 6.27. The fourth-order valence-electron chi connectivity index (χ4n) is 0.788. The van der Waals surface area contributed by atoms with Crippen LogP contribution in [0.2, 0.25) is 0 Å². The van der Waals surface area contributed by atoms with E-state index in [0.717, 1.165) is 0 Å². The number of carbonyl (C=O) groups is 4. The Hall–Kier alpha value is -1.14. The van der Waals surface area contributed by atoms with E-state index < -0.39 is 35.6 Å². The Bertz CT molecular complexity index is 285. The normalized spacial score (nSPS) is 9.53. The SMILES string of the molecule is O=C(CCl)OC(=O)CCCC(=O)OC(=O)CCl. The molecule has 0 rings (SSSR count). The van der Waals surface area contributed by atoms with Gasteiger partial charge in [-0.05, 0) is 6.42 Å². The second kappa shape index (κ2) is 8.95. The van der Waals surface area contributed by atoms with Gasteiger partial charge in [-0.1, -0.05) is 0 Å². The molecule has 0 aliphatic heterocycles. The maximum atomic E-state index is 10.9. The lowest BCUT2D eigenvalue weighted by Gasteiger charge is -2.01. The third kappa shape index (κ3) is 8.65. The molecule has 0 spiro atoms. The van der Waals surface area contributed by atoms with Crippen LogP contribution in [0.3, 0.4) is 0 Å². The molecular formula is C9H10Cl2O6. The lowest BCUT2D eigenvalue weighted by molar-refractivity contribution is -0.157. The molecule has 0 amide bonds. The first kappa shape index (κ1) is 15.9. The Labute approximate surface area is 107 Å². The summed E-state index contributed by atoms with van der Waals surface area (Å²) < 4.78 is 8.47. The van der Waals surface area contributed by atoms with Crippen LogP contribution in [0, 0.1) is 0 Å². The lowest BCUT2D eigenvalue weighted by atomic mass is 10.2. The minimum absolute atomic E-state index is 0.1000. The summed E-state index contributed by atoms with van der Waals surface area (Å²) in [5.74, 6) is -4.11. The van der Waals surface area contributed by atoms with E-state index in [1.165, 1.54) is 0 Å². The van der Waals surface area contributed by atoms with Gasteiger partial charge in [0.1, 0.15) is 11.8 Å². The molecule has 6 nitrogen and oxygen atoms in total. The van der Waals surface area contributed by atoms with Crippen molar-refractivity contribution in [2.45, 2.75) is 19.3 Å². The highest BCUT2D eigenvalue weighted by Crippen LogP contribution is 2.01. The number of rotatable bonds is 6. The molecule has 0 aliphatic rings. The summed E-state index contributed by atoms with van der Waals surface area (Å²) in [6.45, 7) is 0. The van der Waals surface area contributed by atoms with Gasteiger partial charge in [0.15, 0.2) is 0 Å². The predicted octanol–water partition coefficient (Wildman–Crippen LogP) is 0.774. The quantitative estimate of drug-likeness (QED) is 0.407. The molecule has 0 fully saturated rings. The van der Waals surface area contributed by atoms with Crippen LogP contribution >= 0.6 is 23.2 Å². The number of ether oxygens (including phenoxy) is 2. The Kier molecular flexibility index (Phi) is 8.35. The first-order valence-corrected chi connectivity index (χ1v) is 5.65. The van der Waals surface area contributed by atoms with Gasteiger partial charge in [-0.15, -0.1) is 23.2 Å². The van der Waals surface area contributed by atoms with Crippen LogP contribution in [0.5, 0.6) is 0 Å². The molecule has 0 N–H and O–H groups in total. The number of halogens is 2. The lowest BCUT2D eigenvalue weighted by Crippen LogP contribution is -2.15. The number of hydrogen-bond acceptors (Lipinski definition) is 6. The molecule has 8 heteroatoms. The van der Waals surface area contributed by atoms with E-state index in [1.54, 1.807) is 0 Å². The van der Waals surface area contributed by atoms with E-state index in [-0.39, 0.29) is 19.3 Å². The first-order valence-electron chi connectivity index (χ1n) is 4.58. The average Bonchev–Trinajstić information content (AvgIpc) is 2.28. The summed E-state index contributed by atoms with van der Waals surface area (Å²) >= 11 is 10.2. The highest BCUT2D eigenvalue weighted by atomic mass is 35.5. The summed E-state index contributed by atoms with van der Waals surface area (Å²) in [6, 6.07) is 0. The molecule has 0 heterocycles. The Morgan fingerprint density at radius 1 is 0.706 bits per heavy atom. The molecule has 0 aromatic carbocycles. The largest absolute Gasteiger partial charge is 0.392 e. The minimum Gasteiger partial charge on any atom is -0.392 e. The van der Waals surface area contributed by atoms with Crippen molar-refractivity contribution in [2.75, 3.05) is 11.8 Å². The fraction of sp³-hybridized carbons (Fsp3) is 0.556. The molecule has 0 atom stereocenters. The van der Waals surface area contributed by atoms with Gasteiger partial charge in [0.2, 0.25) is 0 Å². The zero-order valence-corrected chi connectivity index (χ0v) is 10.3. The maximum Gasteiger partial charge on any atom is 0.328 e. The van der Waals surface area contributed by atoms with Crippen molar-refractivity contribution in [3.8, 4) is 0 Å². The Morgan fingerprint density at radius 2 is 1.06 bits per heavy atom. The van der Waals surface area contributed by atoms with Crippen LogP contribution in [0.15, 0.2) is 0 Å². The third-order valence-corrected chi connectivity index (χ3v) is 1.87. The van der Waals surface area contributed by atoms with Crippen molar-refractivity contribution in [3.05, 3.63) is 0 Å².